The Labute approximate surface area is 153 Å². The van der Waals surface area contributed by atoms with Gasteiger partial charge in [-0.25, -0.2) is 0 Å². The zero-order valence-corrected chi connectivity index (χ0v) is 14.6. The Morgan fingerprint density at radius 3 is 2.27 bits per heavy atom. The predicted octanol–water partition coefficient (Wildman–Crippen LogP) is 4.09. The fourth-order valence-corrected chi connectivity index (χ4v) is 2.85. The molecule has 4 aromatic rings. The van der Waals surface area contributed by atoms with Crippen LogP contribution in [0.1, 0.15) is 5.89 Å². The number of aromatic nitrogens is 4. The van der Waals surface area contributed by atoms with Gasteiger partial charge in [-0.3, -0.25) is 0 Å². The van der Waals surface area contributed by atoms with Gasteiger partial charge in [-0.1, -0.05) is 30.0 Å². The molecule has 0 saturated heterocycles. The van der Waals surface area contributed by atoms with Gasteiger partial charge in [-0.2, -0.15) is 0 Å². The van der Waals surface area contributed by atoms with Crippen LogP contribution in [-0.2, 0) is 5.75 Å². The number of rotatable bonds is 6. The van der Waals surface area contributed by atoms with Crippen molar-refractivity contribution in [2.75, 3.05) is 7.11 Å². The van der Waals surface area contributed by atoms with Crippen molar-refractivity contribution in [2.45, 2.75) is 11.0 Å². The van der Waals surface area contributed by atoms with E-state index in [1.807, 2.05) is 54.6 Å². The maximum atomic E-state index is 5.67. The van der Waals surface area contributed by atoms with Crippen molar-refractivity contribution in [3.63, 3.8) is 0 Å². The molecule has 2 aromatic heterocycles. The minimum absolute atomic E-state index is 0.440. The third kappa shape index (κ3) is 3.60. The molecule has 2 aromatic carbocycles. The molecule has 0 spiro atoms. The van der Waals surface area contributed by atoms with Gasteiger partial charge in [0, 0.05) is 11.1 Å². The molecule has 0 aliphatic carbocycles. The Balaban J connectivity index is 1.41. The molecule has 0 atom stereocenters. The van der Waals surface area contributed by atoms with E-state index < -0.39 is 0 Å². The molecule has 2 heterocycles. The van der Waals surface area contributed by atoms with E-state index in [1.165, 1.54) is 11.8 Å². The largest absolute Gasteiger partial charge is 0.497 e. The Kier molecular flexibility index (Phi) is 4.65. The van der Waals surface area contributed by atoms with Crippen molar-refractivity contribution < 1.29 is 13.6 Å². The van der Waals surface area contributed by atoms with Crippen LogP contribution in [0.3, 0.4) is 0 Å². The highest BCUT2D eigenvalue weighted by atomic mass is 32.2. The third-order valence-corrected chi connectivity index (χ3v) is 4.35. The average molecular weight is 366 g/mol. The molecule has 0 unspecified atom stereocenters. The summed E-state index contributed by atoms with van der Waals surface area (Å²) < 4.78 is 16.5. The van der Waals surface area contributed by atoms with Crippen molar-refractivity contribution in [1.82, 2.24) is 20.4 Å². The standard InChI is InChI=1S/C18H14N4O3S/c1-23-14-9-7-13(8-10-14)17-21-22-18(25-17)26-11-15-19-20-16(24-15)12-5-3-2-4-6-12/h2-10H,11H2,1H3. The first kappa shape index (κ1) is 16.3. The third-order valence-electron chi connectivity index (χ3n) is 3.55. The van der Waals surface area contributed by atoms with Crippen molar-refractivity contribution in [1.29, 1.82) is 0 Å². The van der Waals surface area contributed by atoms with Gasteiger partial charge >= 0.3 is 0 Å². The second-order valence-electron chi connectivity index (χ2n) is 5.26. The van der Waals surface area contributed by atoms with Gasteiger partial charge in [0.25, 0.3) is 5.22 Å². The number of benzene rings is 2. The lowest BCUT2D eigenvalue weighted by atomic mass is 10.2. The number of hydrogen-bond donors (Lipinski definition) is 0. The molecule has 8 heteroatoms. The molecule has 0 aliphatic rings. The Bertz CT molecular complexity index is 983. The van der Waals surface area contributed by atoms with Crippen LogP contribution < -0.4 is 4.74 Å². The molecule has 0 radical (unpaired) electrons. The van der Waals surface area contributed by atoms with Crippen LogP contribution in [0.5, 0.6) is 5.75 Å². The number of hydrogen-bond acceptors (Lipinski definition) is 8. The average Bonchev–Trinajstić information content (AvgIpc) is 3.37. The highest BCUT2D eigenvalue weighted by molar-refractivity contribution is 7.98. The van der Waals surface area contributed by atoms with Crippen LogP contribution in [0.15, 0.2) is 68.7 Å². The maximum absolute atomic E-state index is 5.67. The fourth-order valence-electron chi connectivity index (χ4n) is 2.25. The Hall–Kier alpha value is -3.13. The van der Waals surface area contributed by atoms with E-state index in [2.05, 4.69) is 20.4 Å². The summed E-state index contributed by atoms with van der Waals surface area (Å²) in [5.74, 6) is 2.66. The number of ether oxygens (including phenoxy) is 1. The second kappa shape index (κ2) is 7.40. The number of methoxy groups -OCH3 is 1. The van der Waals surface area contributed by atoms with Crippen LogP contribution in [0.2, 0.25) is 0 Å². The lowest BCUT2D eigenvalue weighted by Gasteiger charge is -1.99. The summed E-state index contributed by atoms with van der Waals surface area (Å²) in [6.07, 6.45) is 0. The molecule has 0 saturated carbocycles. The molecule has 0 N–H and O–H groups in total. The van der Waals surface area contributed by atoms with E-state index in [0.29, 0.717) is 28.6 Å². The maximum Gasteiger partial charge on any atom is 0.277 e. The van der Waals surface area contributed by atoms with Crippen LogP contribution in [-0.4, -0.2) is 27.5 Å². The Morgan fingerprint density at radius 2 is 1.50 bits per heavy atom. The van der Waals surface area contributed by atoms with E-state index in [0.717, 1.165) is 16.9 Å². The van der Waals surface area contributed by atoms with Gasteiger partial charge in [0.05, 0.1) is 12.9 Å². The summed E-state index contributed by atoms with van der Waals surface area (Å²) in [6.45, 7) is 0. The quantitative estimate of drug-likeness (QED) is 0.472. The van der Waals surface area contributed by atoms with E-state index >= 15 is 0 Å². The molecule has 7 nitrogen and oxygen atoms in total. The molecule has 4 rings (SSSR count). The molecule has 0 aliphatic heterocycles. The smallest absolute Gasteiger partial charge is 0.277 e. The summed E-state index contributed by atoms with van der Waals surface area (Å²) in [5.41, 5.74) is 1.71. The van der Waals surface area contributed by atoms with Crippen molar-refractivity contribution in [3.05, 3.63) is 60.5 Å². The first-order valence-corrected chi connectivity index (χ1v) is 8.79. The fraction of sp³-hybridized carbons (Fsp3) is 0.111. The summed E-state index contributed by atoms with van der Waals surface area (Å²) in [6, 6.07) is 17.0. The normalized spacial score (nSPS) is 10.8. The molecule has 0 fully saturated rings. The predicted molar refractivity (Wildman–Crippen MR) is 95.6 cm³/mol. The Morgan fingerprint density at radius 1 is 0.808 bits per heavy atom. The molecular weight excluding hydrogens is 352 g/mol. The second-order valence-corrected chi connectivity index (χ2v) is 6.18. The molecule has 0 amide bonds. The summed E-state index contributed by atoms with van der Waals surface area (Å²) in [5, 5.41) is 16.7. The SMILES string of the molecule is COc1ccc(-c2nnc(SCc3nnc(-c4ccccc4)o3)o2)cc1. The van der Waals surface area contributed by atoms with Gasteiger partial charge in [0.15, 0.2) is 0 Å². The minimum Gasteiger partial charge on any atom is -0.497 e. The zero-order valence-electron chi connectivity index (χ0n) is 13.8. The van der Waals surface area contributed by atoms with E-state index in [9.17, 15) is 0 Å². The van der Waals surface area contributed by atoms with Gasteiger partial charge in [-0.05, 0) is 36.4 Å². The number of nitrogens with zero attached hydrogens (tertiary/aromatic N) is 4. The highest BCUT2D eigenvalue weighted by Crippen LogP contribution is 2.27. The van der Waals surface area contributed by atoms with Crippen LogP contribution in [0.25, 0.3) is 22.9 Å². The summed E-state index contributed by atoms with van der Waals surface area (Å²) >= 11 is 1.34. The first-order chi connectivity index (χ1) is 12.8. The van der Waals surface area contributed by atoms with Crippen LogP contribution in [0, 0.1) is 0 Å². The molecular formula is C18H14N4O3S. The van der Waals surface area contributed by atoms with Gasteiger partial charge in [0.2, 0.25) is 17.7 Å². The van der Waals surface area contributed by atoms with Crippen molar-refractivity contribution >= 4 is 11.8 Å². The van der Waals surface area contributed by atoms with Crippen molar-refractivity contribution in [3.8, 4) is 28.7 Å². The monoisotopic (exact) mass is 366 g/mol. The molecule has 130 valence electrons. The van der Waals surface area contributed by atoms with E-state index in [4.69, 9.17) is 13.6 Å². The highest BCUT2D eigenvalue weighted by Gasteiger charge is 2.13. The minimum atomic E-state index is 0.440. The lowest BCUT2D eigenvalue weighted by Crippen LogP contribution is -1.82. The van der Waals surface area contributed by atoms with Crippen LogP contribution in [0.4, 0.5) is 0 Å². The van der Waals surface area contributed by atoms with Crippen LogP contribution >= 0.6 is 11.8 Å². The van der Waals surface area contributed by atoms with E-state index in [-0.39, 0.29) is 0 Å². The van der Waals surface area contributed by atoms with Gasteiger partial charge < -0.3 is 13.6 Å². The zero-order chi connectivity index (χ0) is 17.8. The molecule has 0 bridgehead atoms. The summed E-state index contributed by atoms with van der Waals surface area (Å²) in [7, 11) is 1.62. The lowest BCUT2D eigenvalue weighted by molar-refractivity contribution is 0.414. The van der Waals surface area contributed by atoms with Crippen molar-refractivity contribution in [2.24, 2.45) is 0 Å². The van der Waals surface area contributed by atoms with E-state index in [1.54, 1.807) is 7.11 Å². The number of thioether (sulfide) groups is 1. The van der Waals surface area contributed by atoms with Gasteiger partial charge in [-0.15, -0.1) is 20.4 Å². The summed E-state index contributed by atoms with van der Waals surface area (Å²) in [4.78, 5) is 0. The topological polar surface area (TPSA) is 87.1 Å². The molecule has 26 heavy (non-hydrogen) atoms. The van der Waals surface area contributed by atoms with Gasteiger partial charge in [0.1, 0.15) is 5.75 Å². The first-order valence-electron chi connectivity index (χ1n) is 7.80.